The van der Waals surface area contributed by atoms with Gasteiger partial charge in [-0.15, -0.1) is 0 Å². The van der Waals surface area contributed by atoms with Gasteiger partial charge in [0.2, 0.25) is 17.8 Å². The summed E-state index contributed by atoms with van der Waals surface area (Å²) < 4.78 is 5.40. The molecular formula is C18H26N6O4. The molecule has 0 aromatic carbocycles. The molecule has 2 N–H and O–H groups in total. The molecule has 10 nitrogen and oxygen atoms in total. The SMILES string of the molecule is CC(C)(C)OC(=O)N1CCN(c2nccc(NC3CCC(=O)NC3=O)n2)CC1. The number of piperazine rings is 1. The minimum atomic E-state index is -0.520. The van der Waals surface area contributed by atoms with E-state index in [2.05, 4.69) is 20.6 Å². The summed E-state index contributed by atoms with van der Waals surface area (Å²) in [6, 6.07) is 1.19. The number of rotatable bonds is 3. The van der Waals surface area contributed by atoms with Crippen LogP contribution in [0.3, 0.4) is 0 Å². The van der Waals surface area contributed by atoms with Gasteiger partial charge in [0.15, 0.2) is 0 Å². The lowest BCUT2D eigenvalue weighted by Crippen LogP contribution is -2.50. The molecule has 0 aliphatic carbocycles. The van der Waals surface area contributed by atoms with Crippen LogP contribution < -0.4 is 15.5 Å². The number of carbonyl (C=O) groups is 3. The first-order chi connectivity index (χ1) is 13.2. The first-order valence-corrected chi connectivity index (χ1v) is 9.37. The number of aromatic nitrogens is 2. The first-order valence-electron chi connectivity index (χ1n) is 9.37. The van der Waals surface area contributed by atoms with Crippen molar-refractivity contribution >= 4 is 29.7 Å². The smallest absolute Gasteiger partial charge is 0.410 e. The van der Waals surface area contributed by atoms with Gasteiger partial charge < -0.3 is 19.9 Å². The van der Waals surface area contributed by atoms with Gasteiger partial charge in [-0.1, -0.05) is 0 Å². The maximum Gasteiger partial charge on any atom is 0.410 e. The first kappa shape index (κ1) is 19.8. The average Bonchev–Trinajstić information content (AvgIpc) is 2.63. The summed E-state index contributed by atoms with van der Waals surface area (Å²) >= 11 is 0. The molecule has 152 valence electrons. The highest BCUT2D eigenvalue weighted by Gasteiger charge is 2.28. The highest BCUT2D eigenvalue weighted by Crippen LogP contribution is 2.17. The monoisotopic (exact) mass is 390 g/mol. The molecule has 1 atom stereocenters. The van der Waals surface area contributed by atoms with E-state index in [1.807, 2.05) is 25.7 Å². The van der Waals surface area contributed by atoms with Gasteiger partial charge in [0, 0.05) is 38.8 Å². The Morgan fingerprint density at radius 3 is 2.61 bits per heavy atom. The molecule has 2 aliphatic heterocycles. The van der Waals surface area contributed by atoms with Crippen LogP contribution >= 0.6 is 0 Å². The molecule has 0 saturated carbocycles. The third-order valence-electron chi connectivity index (χ3n) is 4.42. The van der Waals surface area contributed by atoms with E-state index >= 15 is 0 Å². The molecule has 1 aromatic heterocycles. The van der Waals surface area contributed by atoms with Crippen LogP contribution in [0.25, 0.3) is 0 Å². The summed E-state index contributed by atoms with van der Waals surface area (Å²) in [7, 11) is 0. The van der Waals surface area contributed by atoms with Crippen LogP contribution in [0.2, 0.25) is 0 Å². The molecule has 0 radical (unpaired) electrons. The number of hydrogen-bond acceptors (Lipinski definition) is 8. The molecule has 2 aliphatic rings. The molecule has 3 rings (SSSR count). The Labute approximate surface area is 163 Å². The van der Waals surface area contributed by atoms with Crippen molar-refractivity contribution in [2.24, 2.45) is 0 Å². The van der Waals surface area contributed by atoms with E-state index in [1.54, 1.807) is 17.2 Å². The Kier molecular flexibility index (Phi) is 5.66. The lowest BCUT2D eigenvalue weighted by Gasteiger charge is -2.35. The number of amides is 3. The summed E-state index contributed by atoms with van der Waals surface area (Å²) in [5.74, 6) is 0.451. The molecule has 0 spiro atoms. The average molecular weight is 390 g/mol. The van der Waals surface area contributed by atoms with Gasteiger partial charge in [0.05, 0.1) is 0 Å². The zero-order valence-electron chi connectivity index (χ0n) is 16.4. The second kappa shape index (κ2) is 7.99. The fourth-order valence-electron chi connectivity index (χ4n) is 3.01. The van der Waals surface area contributed by atoms with Gasteiger partial charge in [0.25, 0.3) is 0 Å². The summed E-state index contributed by atoms with van der Waals surface area (Å²) in [5.41, 5.74) is -0.520. The van der Waals surface area contributed by atoms with Crippen LogP contribution in [0.5, 0.6) is 0 Å². The minimum Gasteiger partial charge on any atom is -0.444 e. The van der Waals surface area contributed by atoms with E-state index in [0.717, 1.165) is 0 Å². The van der Waals surface area contributed by atoms with Crippen LogP contribution in [-0.2, 0) is 14.3 Å². The number of nitrogens with one attached hydrogen (secondary N) is 2. The van der Waals surface area contributed by atoms with Crippen molar-refractivity contribution in [3.05, 3.63) is 12.3 Å². The van der Waals surface area contributed by atoms with Crippen LogP contribution in [0, 0.1) is 0 Å². The second-order valence-corrected chi connectivity index (χ2v) is 7.84. The maximum absolute atomic E-state index is 12.2. The number of anilines is 2. The topological polar surface area (TPSA) is 117 Å². The zero-order valence-corrected chi connectivity index (χ0v) is 16.4. The van der Waals surface area contributed by atoms with Crippen molar-refractivity contribution in [2.45, 2.75) is 45.3 Å². The van der Waals surface area contributed by atoms with Crippen molar-refractivity contribution in [2.75, 3.05) is 36.4 Å². The molecule has 3 heterocycles. The quantitative estimate of drug-likeness (QED) is 0.726. The molecule has 28 heavy (non-hydrogen) atoms. The van der Waals surface area contributed by atoms with Crippen molar-refractivity contribution in [3.63, 3.8) is 0 Å². The van der Waals surface area contributed by atoms with Crippen LogP contribution in [-0.4, -0.2) is 70.6 Å². The van der Waals surface area contributed by atoms with E-state index in [4.69, 9.17) is 4.74 Å². The Morgan fingerprint density at radius 2 is 1.96 bits per heavy atom. The number of nitrogens with zero attached hydrogens (tertiary/aromatic N) is 4. The minimum absolute atomic E-state index is 0.255. The fraction of sp³-hybridized carbons (Fsp3) is 0.611. The zero-order chi connectivity index (χ0) is 20.3. The normalized spacial score (nSPS) is 20.6. The van der Waals surface area contributed by atoms with Crippen LogP contribution in [0.15, 0.2) is 12.3 Å². The molecule has 1 unspecified atom stereocenters. The number of ether oxygens (including phenoxy) is 1. The highest BCUT2D eigenvalue weighted by molar-refractivity contribution is 6.01. The van der Waals surface area contributed by atoms with Gasteiger partial charge in [-0.3, -0.25) is 14.9 Å². The molecule has 0 bridgehead atoms. The van der Waals surface area contributed by atoms with E-state index in [-0.39, 0.29) is 17.9 Å². The number of piperidine rings is 1. The largest absolute Gasteiger partial charge is 0.444 e. The van der Waals surface area contributed by atoms with Crippen LogP contribution in [0.4, 0.5) is 16.6 Å². The fourth-order valence-corrected chi connectivity index (χ4v) is 3.01. The highest BCUT2D eigenvalue weighted by atomic mass is 16.6. The van der Waals surface area contributed by atoms with Gasteiger partial charge in [0.1, 0.15) is 17.5 Å². The van der Waals surface area contributed by atoms with E-state index < -0.39 is 11.6 Å². The van der Waals surface area contributed by atoms with Gasteiger partial charge >= 0.3 is 6.09 Å². The third-order valence-corrected chi connectivity index (χ3v) is 4.42. The lowest BCUT2D eigenvalue weighted by atomic mass is 10.1. The van der Waals surface area contributed by atoms with Crippen molar-refractivity contribution in [1.29, 1.82) is 0 Å². The predicted octanol–water partition coefficient (Wildman–Crippen LogP) is 0.751. The van der Waals surface area contributed by atoms with Gasteiger partial charge in [-0.25, -0.2) is 9.78 Å². The molecule has 1 aromatic rings. The van der Waals surface area contributed by atoms with E-state index in [9.17, 15) is 14.4 Å². The Hall–Kier alpha value is -2.91. The number of hydrogen-bond donors (Lipinski definition) is 2. The summed E-state index contributed by atoms with van der Waals surface area (Å²) in [6.45, 7) is 7.73. The van der Waals surface area contributed by atoms with Gasteiger partial charge in [-0.2, -0.15) is 4.98 Å². The van der Waals surface area contributed by atoms with Crippen molar-refractivity contribution in [3.8, 4) is 0 Å². The Balaban J connectivity index is 1.57. The second-order valence-electron chi connectivity index (χ2n) is 7.84. The maximum atomic E-state index is 12.2. The third kappa shape index (κ3) is 5.08. The lowest BCUT2D eigenvalue weighted by molar-refractivity contribution is -0.133. The van der Waals surface area contributed by atoms with E-state index in [0.29, 0.717) is 50.8 Å². The summed E-state index contributed by atoms with van der Waals surface area (Å²) in [4.78, 5) is 47.8. The Bertz CT molecular complexity index is 755. The summed E-state index contributed by atoms with van der Waals surface area (Å²) in [6.07, 6.45) is 2.03. The van der Waals surface area contributed by atoms with Gasteiger partial charge in [-0.05, 0) is 33.3 Å². The summed E-state index contributed by atoms with van der Waals surface area (Å²) in [5, 5.41) is 5.37. The molecule has 2 saturated heterocycles. The van der Waals surface area contributed by atoms with Crippen LogP contribution in [0.1, 0.15) is 33.6 Å². The predicted molar refractivity (Wildman–Crippen MR) is 102 cm³/mol. The molecule has 2 fully saturated rings. The molecule has 3 amide bonds. The van der Waals surface area contributed by atoms with Crippen molar-refractivity contribution < 1.29 is 19.1 Å². The molecular weight excluding hydrogens is 364 g/mol. The van der Waals surface area contributed by atoms with Crippen molar-refractivity contribution in [1.82, 2.24) is 20.2 Å². The standard InChI is InChI=1S/C18H26N6O4/c1-18(2,3)28-17(27)24-10-8-23(9-11-24)16-19-7-6-13(21-16)20-12-4-5-14(25)22-15(12)26/h6-7,12H,4-5,8-11H2,1-3H3,(H,19,20,21)(H,22,25,26). The number of carbonyl (C=O) groups excluding carboxylic acids is 3. The Morgan fingerprint density at radius 1 is 1.25 bits per heavy atom. The van der Waals surface area contributed by atoms with E-state index in [1.165, 1.54) is 0 Å². The number of imide groups is 1. The molecule has 10 heteroatoms.